The molecule has 0 aliphatic carbocycles. The van der Waals surface area contributed by atoms with E-state index < -0.39 is 24.2 Å². The molecule has 0 unspecified atom stereocenters. The smallest absolute Gasteiger partial charge is 0.410 e. The molecule has 0 fully saturated rings. The molecule has 154 valence electrons. The number of halogens is 3. The number of carbonyl (C=O) groups excluding carboxylic acids is 1. The zero-order valence-corrected chi connectivity index (χ0v) is 15.5. The van der Waals surface area contributed by atoms with E-state index in [1.807, 2.05) is 6.92 Å². The third-order valence-corrected chi connectivity index (χ3v) is 4.77. The van der Waals surface area contributed by atoms with Crippen molar-refractivity contribution in [3.8, 4) is 0 Å². The molecular formula is C18H19F3N6O2. The molecule has 0 radical (unpaired) electrons. The van der Waals surface area contributed by atoms with E-state index in [1.165, 1.54) is 12.3 Å². The van der Waals surface area contributed by atoms with Gasteiger partial charge in [0.2, 0.25) is 0 Å². The Morgan fingerprint density at radius 1 is 1.45 bits per heavy atom. The number of nitrogens with one attached hydrogen (secondary N) is 2. The molecule has 2 atom stereocenters. The Balaban J connectivity index is 1.54. The summed E-state index contributed by atoms with van der Waals surface area (Å²) in [7, 11) is 0. The number of nitrogens with zero attached hydrogens (tertiary/aromatic N) is 4. The van der Waals surface area contributed by atoms with Crippen molar-refractivity contribution in [1.29, 1.82) is 0 Å². The van der Waals surface area contributed by atoms with Crippen LogP contribution in [0.2, 0.25) is 0 Å². The predicted octanol–water partition coefficient (Wildman–Crippen LogP) is 3.28. The van der Waals surface area contributed by atoms with Gasteiger partial charge in [-0.15, -0.1) is 0 Å². The van der Waals surface area contributed by atoms with Crippen molar-refractivity contribution < 1.29 is 22.4 Å². The highest BCUT2D eigenvalue weighted by atomic mass is 19.4. The molecule has 1 aliphatic heterocycles. The standard InChI is InChI=1S/C18H19F3N6O2/c1-2-26-10-11(9-23-26)8-22-17(28)13-7-16-24-12(14-4-3-5-29-14)6-15(18(19,20)21)27(16)25-13/h3-5,7,9-10,12,15,24H,2,6,8H2,1H3,(H,22,28)/t12-,15+/m1/s1. The minimum atomic E-state index is -4.52. The first-order chi connectivity index (χ1) is 13.8. The van der Waals surface area contributed by atoms with E-state index in [0.29, 0.717) is 12.3 Å². The van der Waals surface area contributed by atoms with E-state index in [0.717, 1.165) is 10.2 Å². The molecule has 8 nitrogen and oxygen atoms in total. The van der Waals surface area contributed by atoms with Gasteiger partial charge in [0.1, 0.15) is 11.6 Å². The van der Waals surface area contributed by atoms with E-state index in [4.69, 9.17) is 4.42 Å². The summed E-state index contributed by atoms with van der Waals surface area (Å²) in [5.74, 6) is -0.0528. The van der Waals surface area contributed by atoms with E-state index in [-0.39, 0.29) is 24.5 Å². The maximum atomic E-state index is 13.6. The zero-order chi connectivity index (χ0) is 20.6. The summed E-state index contributed by atoms with van der Waals surface area (Å²) in [5.41, 5.74) is 0.693. The molecule has 29 heavy (non-hydrogen) atoms. The van der Waals surface area contributed by atoms with Crippen molar-refractivity contribution >= 4 is 11.7 Å². The van der Waals surface area contributed by atoms with Gasteiger partial charge in [-0.1, -0.05) is 0 Å². The highest BCUT2D eigenvalue weighted by Crippen LogP contribution is 2.43. The largest absolute Gasteiger partial charge is 0.467 e. The number of aryl methyl sites for hydroxylation is 1. The van der Waals surface area contributed by atoms with Crippen molar-refractivity contribution in [2.75, 3.05) is 5.32 Å². The van der Waals surface area contributed by atoms with Gasteiger partial charge < -0.3 is 15.1 Å². The van der Waals surface area contributed by atoms with Gasteiger partial charge in [-0.2, -0.15) is 23.4 Å². The van der Waals surface area contributed by atoms with Gasteiger partial charge in [0.05, 0.1) is 18.5 Å². The number of rotatable bonds is 5. The van der Waals surface area contributed by atoms with Gasteiger partial charge in [0.25, 0.3) is 5.91 Å². The van der Waals surface area contributed by atoms with Gasteiger partial charge >= 0.3 is 6.18 Å². The molecule has 0 spiro atoms. The average molecular weight is 408 g/mol. The van der Waals surface area contributed by atoms with Crippen LogP contribution in [-0.2, 0) is 13.1 Å². The van der Waals surface area contributed by atoms with Crippen molar-refractivity contribution in [3.63, 3.8) is 0 Å². The number of fused-ring (bicyclic) bond motifs is 1. The molecule has 2 N–H and O–H groups in total. The number of aromatic nitrogens is 4. The second kappa shape index (κ2) is 7.30. The molecule has 0 bridgehead atoms. The predicted molar refractivity (Wildman–Crippen MR) is 96.1 cm³/mol. The van der Waals surface area contributed by atoms with E-state index >= 15 is 0 Å². The van der Waals surface area contributed by atoms with Crippen LogP contribution in [0.25, 0.3) is 0 Å². The first kappa shape index (κ1) is 19.1. The Bertz CT molecular complexity index is 992. The van der Waals surface area contributed by atoms with Crippen LogP contribution in [-0.4, -0.2) is 31.6 Å². The SMILES string of the molecule is CCn1cc(CNC(=O)c2cc3n(n2)[C@H](C(F)(F)F)C[C@H](c2ccco2)N3)cn1. The second-order valence-electron chi connectivity index (χ2n) is 6.75. The fourth-order valence-corrected chi connectivity index (χ4v) is 3.30. The lowest BCUT2D eigenvalue weighted by Gasteiger charge is -2.32. The summed E-state index contributed by atoms with van der Waals surface area (Å²) < 4.78 is 48.7. The summed E-state index contributed by atoms with van der Waals surface area (Å²) in [6.45, 7) is 2.83. The van der Waals surface area contributed by atoms with Crippen molar-refractivity contribution in [1.82, 2.24) is 24.9 Å². The van der Waals surface area contributed by atoms with Crippen molar-refractivity contribution in [2.24, 2.45) is 0 Å². The highest BCUT2D eigenvalue weighted by Gasteiger charge is 2.47. The van der Waals surface area contributed by atoms with Crippen molar-refractivity contribution in [2.45, 2.75) is 44.7 Å². The van der Waals surface area contributed by atoms with Gasteiger partial charge in [-0.25, -0.2) is 4.68 Å². The molecule has 0 saturated carbocycles. The molecule has 3 aromatic rings. The van der Waals surface area contributed by atoms with E-state index in [1.54, 1.807) is 29.2 Å². The molecule has 0 saturated heterocycles. The summed E-state index contributed by atoms with van der Waals surface area (Å²) in [5, 5.41) is 13.7. The van der Waals surface area contributed by atoms with Gasteiger partial charge in [-0.3, -0.25) is 9.48 Å². The fraction of sp³-hybridized carbons (Fsp3) is 0.389. The van der Waals surface area contributed by atoms with Crippen LogP contribution < -0.4 is 10.6 Å². The minimum Gasteiger partial charge on any atom is -0.467 e. The van der Waals surface area contributed by atoms with Gasteiger partial charge in [0.15, 0.2) is 11.7 Å². The highest BCUT2D eigenvalue weighted by molar-refractivity contribution is 5.93. The Morgan fingerprint density at radius 2 is 2.28 bits per heavy atom. The summed E-state index contributed by atoms with van der Waals surface area (Å²) >= 11 is 0. The average Bonchev–Trinajstić information content (AvgIpc) is 3.44. The van der Waals surface area contributed by atoms with Crippen LogP contribution in [0.15, 0.2) is 41.3 Å². The number of amides is 1. The topological polar surface area (TPSA) is 89.9 Å². The molecule has 0 aromatic carbocycles. The third kappa shape index (κ3) is 3.84. The lowest BCUT2D eigenvalue weighted by Crippen LogP contribution is -2.35. The summed E-state index contributed by atoms with van der Waals surface area (Å²) in [6, 6.07) is 2.01. The number of furan rings is 1. The zero-order valence-electron chi connectivity index (χ0n) is 15.5. The maximum Gasteiger partial charge on any atom is 0.410 e. The Labute approximate surface area is 163 Å². The van der Waals surface area contributed by atoms with Crippen LogP contribution in [0.4, 0.5) is 19.0 Å². The van der Waals surface area contributed by atoms with Gasteiger partial charge in [0, 0.05) is 37.3 Å². The van der Waals surface area contributed by atoms with Crippen LogP contribution in [0.1, 0.15) is 47.2 Å². The lowest BCUT2D eigenvalue weighted by molar-refractivity contribution is -0.174. The molecule has 4 heterocycles. The molecular weight excluding hydrogens is 389 g/mol. The number of hydrogen-bond acceptors (Lipinski definition) is 5. The minimum absolute atomic E-state index is 0.0928. The molecule has 1 amide bonds. The van der Waals surface area contributed by atoms with Crippen LogP contribution in [0, 0.1) is 0 Å². The number of carbonyl (C=O) groups is 1. The molecule has 11 heteroatoms. The monoisotopic (exact) mass is 408 g/mol. The first-order valence-electron chi connectivity index (χ1n) is 9.11. The number of hydrogen-bond donors (Lipinski definition) is 2. The summed E-state index contributed by atoms with van der Waals surface area (Å²) in [4.78, 5) is 12.4. The van der Waals surface area contributed by atoms with Crippen LogP contribution >= 0.6 is 0 Å². The first-order valence-corrected chi connectivity index (χ1v) is 9.11. The second-order valence-corrected chi connectivity index (χ2v) is 6.75. The van der Waals surface area contributed by atoms with Crippen LogP contribution in [0.5, 0.6) is 0 Å². The maximum absolute atomic E-state index is 13.6. The number of alkyl halides is 3. The number of anilines is 1. The van der Waals surface area contributed by atoms with Crippen LogP contribution in [0.3, 0.4) is 0 Å². The quantitative estimate of drug-likeness (QED) is 0.676. The molecule has 1 aliphatic rings. The third-order valence-electron chi connectivity index (χ3n) is 4.77. The lowest BCUT2D eigenvalue weighted by atomic mass is 10.0. The summed E-state index contributed by atoms with van der Waals surface area (Å²) in [6.07, 6.45) is 0.00899. The Hall–Kier alpha value is -3.24. The normalized spacial score (nSPS) is 18.9. The van der Waals surface area contributed by atoms with E-state index in [9.17, 15) is 18.0 Å². The molecule has 4 rings (SSSR count). The fourth-order valence-electron chi connectivity index (χ4n) is 3.30. The Kier molecular flexibility index (Phi) is 4.81. The van der Waals surface area contributed by atoms with Crippen molar-refractivity contribution in [3.05, 3.63) is 53.9 Å². The van der Waals surface area contributed by atoms with E-state index in [2.05, 4.69) is 20.8 Å². The Morgan fingerprint density at radius 3 is 2.93 bits per heavy atom. The molecule has 3 aromatic heterocycles. The van der Waals surface area contributed by atoms with Gasteiger partial charge in [-0.05, 0) is 19.1 Å².